The Morgan fingerprint density at radius 3 is 2.33 bits per heavy atom. The molecule has 12 heteroatoms. The highest BCUT2D eigenvalue weighted by atomic mass is 32.2. The van der Waals surface area contributed by atoms with Crippen molar-refractivity contribution in [3.63, 3.8) is 0 Å². The SMILES string of the molecule is CC(CCOC(C)(C)c1cn(CCC(C)(C)OCCC(C)(C)C(=O)ON2C(=O)CCC2=O)nn1)SF. The summed E-state index contributed by atoms with van der Waals surface area (Å²) >= 11 is 0.325. The molecule has 1 aromatic rings. The van der Waals surface area contributed by atoms with E-state index < -0.39 is 34.4 Å². The number of carbonyl (C=O) groups is 3. The Balaban J connectivity index is 1.79. The number of ether oxygens (including phenoxy) is 2. The summed E-state index contributed by atoms with van der Waals surface area (Å²) in [7, 11) is 0. The smallest absolute Gasteiger partial charge is 0.338 e. The van der Waals surface area contributed by atoms with Gasteiger partial charge in [0.1, 0.15) is 11.3 Å². The average molecular weight is 531 g/mol. The zero-order chi connectivity index (χ0) is 27.1. The molecule has 36 heavy (non-hydrogen) atoms. The summed E-state index contributed by atoms with van der Waals surface area (Å²) in [4.78, 5) is 40.9. The van der Waals surface area contributed by atoms with Crippen LogP contribution in [0.5, 0.6) is 0 Å². The van der Waals surface area contributed by atoms with Crippen LogP contribution in [-0.4, -0.2) is 61.9 Å². The number of aromatic nitrogens is 3. The van der Waals surface area contributed by atoms with Crippen molar-refractivity contribution >= 4 is 29.9 Å². The minimum absolute atomic E-state index is 0.0562. The Bertz CT molecular complexity index is 904. The van der Waals surface area contributed by atoms with Gasteiger partial charge in [0.05, 0.1) is 17.2 Å². The van der Waals surface area contributed by atoms with Gasteiger partial charge in [-0.05, 0) is 60.8 Å². The fourth-order valence-corrected chi connectivity index (χ4v) is 3.47. The molecule has 1 fully saturated rings. The second-order valence-corrected chi connectivity index (χ2v) is 11.8. The molecule has 2 rings (SSSR count). The van der Waals surface area contributed by atoms with Crippen LogP contribution < -0.4 is 0 Å². The first-order valence-corrected chi connectivity index (χ1v) is 13.0. The largest absolute Gasteiger partial charge is 0.375 e. The molecule has 1 unspecified atom stereocenters. The highest BCUT2D eigenvalue weighted by Crippen LogP contribution is 2.27. The molecule has 0 saturated carbocycles. The average Bonchev–Trinajstić information content (AvgIpc) is 3.40. The molecule has 2 heterocycles. The van der Waals surface area contributed by atoms with Crippen LogP contribution in [0.15, 0.2) is 6.20 Å². The molecule has 0 aromatic carbocycles. The Kier molecular flexibility index (Phi) is 10.4. The number of aryl methyl sites for hydroxylation is 1. The van der Waals surface area contributed by atoms with Gasteiger partial charge < -0.3 is 14.3 Å². The fraction of sp³-hybridized carbons (Fsp3) is 0.792. The molecular weight excluding hydrogens is 491 g/mol. The predicted molar refractivity (Wildman–Crippen MR) is 132 cm³/mol. The van der Waals surface area contributed by atoms with Crippen LogP contribution in [0, 0.1) is 5.41 Å². The van der Waals surface area contributed by atoms with Gasteiger partial charge in [-0.1, -0.05) is 12.1 Å². The zero-order valence-electron chi connectivity index (χ0n) is 22.3. The molecule has 1 aliphatic rings. The number of hydrogen-bond acceptors (Lipinski definition) is 9. The molecule has 0 bridgehead atoms. The summed E-state index contributed by atoms with van der Waals surface area (Å²) in [5.41, 5.74) is -1.39. The monoisotopic (exact) mass is 530 g/mol. The highest BCUT2D eigenvalue weighted by molar-refractivity contribution is 7.94. The Hall–Kier alpha value is -2.05. The molecule has 2 amide bonds. The first-order chi connectivity index (χ1) is 16.7. The van der Waals surface area contributed by atoms with Crippen molar-refractivity contribution in [3.05, 3.63) is 11.9 Å². The van der Waals surface area contributed by atoms with Gasteiger partial charge in [-0.3, -0.25) is 14.3 Å². The van der Waals surface area contributed by atoms with E-state index in [0.717, 1.165) is 0 Å². The van der Waals surface area contributed by atoms with E-state index in [1.807, 2.05) is 40.8 Å². The number of imide groups is 1. The van der Waals surface area contributed by atoms with Gasteiger partial charge in [0, 0.05) is 50.0 Å². The van der Waals surface area contributed by atoms with Gasteiger partial charge in [0.15, 0.2) is 0 Å². The molecule has 1 aromatic heterocycles. The van der Waals surface area contributed by atoms with E-state index in [0.29, 0.717) is 55.3 Å². The van der Waals surface area contributed by atoms with E-state index >= 15 is 0 Å². The van der Waals surface area contributed by atoms with Crippen molar-refractivity contribution in [2.24, 2.45) is 5.41 Å². The predicted octanol–water partition coefficient (Wildman–Crippen LogP) is 4.13. The third-order valence-electron chi connectivity index (χ3n) is 6.19. The molecule has 0 spiro atoms. The minimum Gasteiger partial charge on any atom is -0.375 e. The van der Waals surface area contributed by atoms with E-state index in [4.69, 9.17) is 14.3 Å². The van der Waals surface area contributed by atoms with E-state index in [-0.39, 0.29) is 24.7 Å². The lowest BCUT2D eigenvalue weighted by atomic mass is 9.90. The number of hydroxylamine groups is 2. The van der Waals surface area contributed by atoms with E-state index in [1.54, 1.807) is 18.5 Å². The van der Waals surface area contributed by atoms with Gasteiger partial charge >= 0.3 is 5.97 Å². The Morgan fingerprint density at radius 2 is 1.72 bits per heavy atom. The maximum absolute atomic E-state index is 12.6. The van der Waals surface area contributed by atoms with Crippen LogP contribution >= 0.6 is 12.1 Å². The Morgan fingerprint density at radius 1 is 1.08 bits per heavy atom. The summed E-state index contributed by atoms with van der Waals surface area (Å²) in [5, 5.41) is 8.88. The number of carbonyl (C=O) groups excluding carboxylic acids is 3. The first kappa shape index (κ1) is 30.2. The second-order valence-electron chi connectivity index (χ2n) is 10.9. The molecule has 0 radical (unpaired) electrons. The van der Waals surface area contributed by atoms with Crippen molar-refractivity contribution in [1.29, 1.82) is 0 Å². The lowest BCUT2D eigenvalue weighted by molar-refractivity contribution is -0.205. The topological polar surface area (TPSA) is 113 Å². The molecule has 0 N–H and O–H groups in total. The number of halogens is 1. The van der Waals surface area contributed by atoms with Gasteiger partial charge in [-0.25, -0.2) is 4.79 Å². The molecule has 10 nitrogen and oxygen atoms in total. The summed E-state index contributed by atoms with van der Waals surface area (Å²) < 4.78 is 26.2. The molecular formula is C24H39FN4O6S. The third-order valence-corrected chi connectivity index (χ3v) is 6.73. The van der Waals surface area contributed by atoms with E-state index in [1.165, 1.54) is 0 Å². The summed E-state index contributed by atoms with van der Waals surface area (Å²) in [6, 6.07) is 0. The van der Waals surface area contributed by atoms with Crippen molar-refractivity contribution in [2.75, 3.05) is 13.2 Å². The van der Waals surface area contributed by atoms with Gasteiger partial charge in [-0.15, -0.1) is 10.2 Å². The summed E-state index contributed by atoms with van der Waals surface area (Å²) in [5.74, 6) is -1.65. The quantitative estimate of drug-likeness (QED) is 0.309. The molecule has 1 atom stereocenters. The van der Waals surface area contributed by atoms with Crippen molar-refractivity contribution < 1.29 is 32.6 Å². The van der Waals surface area contributed by atoms with Gasteiger partial charge in [0.25, 0.3) is 11.8 Å². The minimum atomic E-state index is -0.938. The molecule has 1 aliphatic heterocycles. The van der Waals surface area contributed by atoms with E-state index in [9.17, 15) is 18.3 Å². The van der Waals surface area contributed by atoms with Crippen molar-refractivity contribution in [2.45, 2.75) is 104 Å². The second kappa shape index (κ2) is 12.5. The van der Waals surface area contributed by atoms with Crippen LogP contribution in [0.3, 0.4) is 0 Å². The lowest BCUT2D eigenvalue weighted by Crippen LogP contribution is -2.38. The normalized spacial score (nSPS) is 16.1. The molecule has 0 aliphatic carbocycles. The van der Waals surface area contributed by atoms with Crippen LogP contribution in [-0.2, 0) is 40.8 Å². The standard InChI is InChI=1S/C24H39FN4O6S/c1-17(36-25)10-14-34-24(6,7)18-16-28(27-26-18)13-11-23(4,5)33-15-12-22(2,3)21(32)35-29-19(30)8-9-20(29)31/h16-17H,8-15H2,1-7H3. The van der Waals surface area contributed by atoms with Crippen molar-refractivity contribution in [1.82, 2.24) is 20.1 Å². The number of hydrogen-bond donors (Lipinski definition) is 0. The summed E-state index contributed by atoms with van der Waals surface area (Å²) in [6.07, 6.45) is 3.55. The summed E-state index contributed by atoms with van der Waals surface area (Å²) in [6.45, 7) is 14.2. The number of nitrogens with zero attached hydrogens (tertiary/aromatic N) is 4. The maximum Gasteiger partial charge on any atom is 0.338 e. The molecule has 204 valence electrons. The van der Waals surface area contributed by atoms with Gasteiger partial charge in [0.2, 0.25) is 0 Å². The molecule has 1 saturated heterocycles. The fourth-order valence-electron chi connectivity index (χ4n) is 3.29. The first-order valence-electron chi connectivity index (χ1n) is 12.2. The van der Waals surface area contributed by atoms with Crippen LogP contribution in [0.1, 0.15) is 86.3 Å². The number of amides is 2. The Labute approximate surface area is 216 Å². The van der Waals surface area contributed by atoms with E-state index in [2.05, 4.69) is 10.3 Å². The van der Waals surface area contributed by atoms with Crippen LogP contribution in [0.25, 0.3) is 0 Å². The number of rotatable bonds is 15. The van der Waals surface area contributed by atoms with Crippen LogP contribution in [0.4, 0.5) is 3.89 Å². The van der Waals surface area contributed by atoms with Crippen LogP contribution in [0.2, 0.25) is 0 Å². The van der Waals surface area contributed by atoms with Gasteiger partial charge in [-0.2, -0.15) is 3.89 Å². The van der Waals surface area contributed by atoms with Crippen molar-refractivity contribution in [3.8, 4) is 0 Å². The lowest BCUT2D eigenvalue weighted by Gasteiger charge is -2.29. The maximum atomic E-state index is 12.6. The highest BCUT2D eigenvalue weighted by Gasteiger charge is 2.38. The third kappa shape index (κ3) is 8.81. The zero-order valence-corrected chi connectivity index (χ0v) is 23.2.